The van der Waals surface area contributed by atoms with Crippen LogP contribution in [0.15, 0.2) is 36.5 Å². The van der Waals surface area contributed by atoms with Crippen molar-refractivity contribution in [1.82, 2.24) is 15.5 Å². The van der Waals surface area contributed by atoms with E-state index in [1.54, 1.807) is 36.5 Å². The van der Waals surface area contributed by atoms with E-state index in [4.69, 9.17) is 0 Å². The monoisotopic (exact) mass is 268 g/mol. The summed E-state index contributed by atoms with van der Waals surface area (Å²) in [6.07, 6.45) is 1.95. The molecule has 0 spiro atoms. The van der Waals surface area contributed by atoms with Crippen LogP contribution in [0.5, 0.6) is 0 Å². The standard InChI is InChI=1S/C14H12N4O2/c19-13-7-9-3-4-10(6-12(9)17-13)14(20)15-8-11-2-1-5-16-18-11/h1-6H,7-8H2,(H,15,20)(H,17,19). The highest BCUT2D eigenvalue weighted by Crippen LogP contribution is 2.23. The maximum Gasteiger partial charge on any atom is 0.251 e. The molecule has 0 fully saturated rings. The summed E-state index contributed by atoms with van der Waals surface area (Å²) in [7, 11) is 0. The van der Waals surface area contributed by atoms with E-state index in [2.05, 4.69) is 20.8 Å². The van der Waals surface area contributed by atoms with Crippen LogP contribution in [-0.2, 0) is 17.8 Å². The van der Waals surface area contributed by atoms with E-state index in [1.165, 1.54) is 0 Å². The van der Waals surface area contributed by atoms with Crippen molar-refractivity contribution in [3.05, 3.63) is 53.3 Å². The third-order valence-corrected chi connectivity index (χ3v) is 3.05. The molecule has 0 radical (unpaired) electrons. The van der Waals surface area contributed by atoms with Crippen LogP contribution in [0, 0.1) is 0 Å². The van der Waals surface area contributed by atoms with Crippen molar-refractivity contribution < 1.29 is 9.59 Å². The molecule has 2 aromatic rings. The lowest BCUT2D eigenvalue weighted by Crippen LogP contribution is -2.23. The van der Waals surface area contributed by atoms with Crippen molar-refractivity contribution in [2.24, 2.45) is 0 Å². The minimum Gasteiger partial charge on any atom is -0.346 e. The summed E-state index contributed by atoms with van der Waals surface area (Å²) in [6, 6.07) is 8.75. The van der Waals surface area contributed by atoms with Gasteiger partial charge in [0.25, 0.3) is 5.91 Å². The van der Waals surface area contributed by atoms with Gasteiger partial charge in [-0.2, -0.15) is 10.2 Å². The second-order valence-electron chi connectivity index (χ2n) is 4.49. The lowest BCUT2D eigenvalue weighted by molar-refractivity contribution is -0.115. The average molecular weight is 268 g/mol. The van der Waals surface area contributed by atoms with E-state index < -0.39 is 0 Å². The van der Waals surface area contributed by atoms with Gasteiger partial charge in [0, 0.05) is 17.4 Å². The van der Waals surface area contributed by atoms with Crippen molar-refractivity contribution in [2.75, 3.05) is 5.32 Å². The van der Waals surface area contributed by atoms with Crippen molar-refractivity contribution >= 4 is 17.5 Å². The van der Waals surface area contributed by atoms with E-state index >= 15 is 0 Å². The number of amides is 2. The Bertz CT molecular complexity index is 670. The SMILES string of the molecule is O=C1Cc2ccc(C(=O)NCc3cccnn3)cc2N1. The number of carbonyl (C=O) groups is 2. The summed E-state index contributed by atoms with van der Waals surface area (Å²) >= 11 is 0. The Hall–Kier alpha value is -2.76. The Kier molecular flexibility index (Phi) is 3.12. The number of hydrogen-bond acceptors (Lipinski definition) is 4. The van der Waals surface area contributed by atoms with Crippen molar-refractivity contribution in [2.45, 2.75) is 13.0 Å². The van der Waals surface area contributed by atoms with E-state index in [0.717, 1.165) is 5.56 Å². The van der Waals surface area contributed by atoms with Gasteiger partial charge < -0.3 is 10.6 Å². The molecule has 0 bridgehead atoms. The molecule has 3 rings (SSSR count). The van der Waals surface area contributed by atoms with Gasteiger partial charge in [0.1, 0.15) is 0 Å². The lowest BCUT2D eigenvalue weighted by atomic mass is 10.1. The highest BCUT2D eigenvalue weighted by atomic mass is 16.2. The highest BCUT2D eigenvalue weighted by Gasteiger charge is 2.18. The molecule has 0 saturated carbocycles. The maximum atomic E-state index is 12.0. The fraction of sp³-hybridized carbons (Fsp3) is 0.143. The molecule has 0 atom stereocenters. The summed E-state index contributed by atoms with van der Waals surface area (Å²) in [6.45, 7) is 0.316. The Morgan fingerprint density at radius 1 is 1.35 bits per heavy atom. The van der Waals surface area contributed by atoms with Crippen molar-refractivity contribution in [3.8, 4) is 0 Å². The number of anilines is 1. The van der Waals surface area contributed by atoms with Gasteiger partial charge in [0.15, 0.2) is 0 Å². The van der Waals surface area contributed by atoms with Crippen LogP contribution in [0.2, 0.25) is 0 Å². The first-order valence-corrected chi connectivity index (χ1v) is 6.20. The molecule has 0 aliphatic carbocycles. The Labute approximate surface area is 115 Å². The van der Waals surface area contributed by atoms with Gasteiger partial charge in [-0.15, -0.1) is 0 Å². The summed E-state index contributed by atoms with van der Waals surface area (Å²) in [5, 5.41) is 13.1. The molecule has 20 heavy (non-hydrogen) atoms. The number of nitrogens with zero attached hydrogens (tertiary/aromatic N) is 2. The average Bonchev–Trinajstić information content (AvgIpc) is 2.85. The fourth-order valence-electron chi connectivity index (χ4n) is 2.06. The number of nitrogens with one attached hydrogen (secondary N) is 2. The normalized spacial score (nSPS) is 12.7. The fourth-order valence-corrected chi connectivity index (χ4v) is 2.06. The molecule has 1 aromatic carbocycles. The molecule has 6 nitrogen and oxygen atoms in total. The molecule has 0 saturated heterocycles. The molecule has 2 heterocycles. The molecule has 0 unspecified atom stereocenters. The van der Waals surface area contributed by atoms with Gasteiger partial charge in [0.05, 0.1) is 18.7 Å². The molecule has 2 N–H and O–H groups in total. The van der Waals surface area contributed by atoms with Crippen LogP contribution >= 0.6 is 0 Å². The summed E-state index contributed by atoms with van der Waals surface area (Å²) in [5.74, 6) is -0.253. The molecule has 2 amide bonds. The molecule has 1 aliphatic rings. The Morgan fingerprint density at radius 2 is 2.25 bits per heavy atom. The van der Waals surface area contributed by atoms with Crippen LogP contribution in [0.4, 0.5) is 5.69 Å². The first-order chi connectivity index (χ1) is 9.72. The number of aromatic nitrogens is 2. The predicted molar refractivity (Wildman–Crippen MR) is 72.0 cm³/mol. The third-order valence-electron chi connectivity index (χ3n) is 3.05. The minimum absolute atomic E-state index is 0.0443. The van der Waals surface area contributed by atoms with E-state index in [1.807, 2.05) is 0 Å². The first kappa shape index (κ1) is 12.3. The highest BCUT2D eigenvalue weighted by molar-refractivity contribution is 6.02. The van der Waals surface area contributed by atoms with Gasteiger partial charge in [0.2, 0.25) is 5.91 Å². The van der Waals surface area contributed by atoms with Gasteiger partial charge in [-0.1, -0.05) is 6.07 Å². The zero-order valence-electron chi connectivity index (χ0n) is 10.6. The van der Waals surface area contributed by atoms with Crippen LogP contribution in [0.25, 0.3) is 0 Å². The zero-order valence-corrected chi connectivity index (χ0v) is 10.6. The summed E-state index contributed by atoms with van der Waals surface area (Å²) in [4.78, 5) is 23.3. The molecular weight excluding hydrogens is 256 g/mol. The Balaban J connectivity index is 1.69. The number of carbonyl (C=O) groups excluding carboxylic acids is 2. The minimum atomic E-state index is -0.209. The smallest absolute Gasteiger partial charge is 0.251 e. The topological polar surface area (TPSA) is 84.0 Å². The quantitative estimate of drug-likeness (QED) is 0.866. The van der Waals surface area contributed by atoms with Gasteiger partial charge in [-0.3, -0.25) is 9.59 Å². The lowest BCUT2D eigenvalue weighted by Gasteiger charge is -2.06. The first-order valence-electron chi connectivity index (χ1n) is 6.20. The maximum absolute atomic E-state index is 12.0. The predicted octanol–water partition coefficient (Wildman–Crippen LogP) is 0.901. The van der Waals surface area contributed by atoms with Crippen molar-refractivity contribution in [1.29, 1.82) is 0 Å². The van der Waals surface area contributed by atoms with Gasteiger partial charge >= 0.3 is 0 Å². The number of fused-ring (bicyclic) bond motifs is 1. The second kappa shape index (κ2) is 5.08. The summed E-state index contributed by atoms with van der Waals surface area (Å²) in [5.41, 5.74) is 2.83. The van der Waals surface area contributed by atoms with Crippen LogP contribution < -0.4 is 10.6 Å². The van der Waals surface area contributed by atoms with E-state index in [9.17, 15) is 9.59 Å². The molecular formula is C14H12N4O2. The number of benzene rings is 1. The van der Waals surface area contributed by atoms with Crippen LogP contribution in [0.1, 0.15) is 21.6 Å². The van der Waals surface area contributed by atoms with Crippen LogP contribution in [-0.4, -0.2) is 22.0 Å². The van der Waals surface area contributed by atoms with Gasteiger partial charge in [-0.25, -0.2) is 0 Å². The Morgan fingerprint density at radius 3 is 3.05 bits per heavy atom. The van der Waals surface area contributed by atoms with Crippen LogP contribution in [0.3, 0.4) is 0 Å². The molecule has 1 aromatic heterocycles. The number of hydrogen-bond donors (Lipinski definition) is 2. The molecule has 6 heteroatoms. The summed E-state index contributed by atoms with van der Waals surface area (Å²) < 4.78 is 0. The van der Waals surface area contributed by atoms with E-state index in [-0.39, 0.29) is 11.8 Å². The molecule has 100 valence electrons. The van der Waals surface area contributed by atoms with Gasteiger partial charge in [-0.05, 0) is 29.8 Å². The third kappa shape index (κ3) is 2.49. The van der Waals surface area contributed by atoms with Crippen molar-refractivity contribution in [3.63, 3.8) is 0 Å². The second-order valence-corrected chi connectivity index (χ2v) is 4.49. The molecule has 1 aliphatic heterocycles. The zero-order chi connectivity index (χ0) is 13.9. The number of rotatable bonds is 3. The van der Waals surface area contributed by atoms with E-state index in [0.29, 0.717) is 29.9 Å². The largest absolute Gasteiger partial charge is 0.346 e.